The topological polar surface area (TPSA) is 48.7 Å². The van der Waals surface area contributed by atoms with Crippen LogP contribution in [0.2, 0.25) is 0 Å². The quantitative estimate of drug-likeness (QED) is 0.524. The molecule has 4 heteroatoms. The molecule has 0 radical (unpaired) electrons. The Labute approximate surface area is 134 Å². The van der Waals surface area contributed by atoms with Crippen LogP contribution < -0.4 is 9.47 Å². The summed E-state index contributed by atoms with van der Waals surface area (Å²) in [5.74, 6) is 0.898. The Morgan fingerprint density at radius 2 is 1.83 bits per heavy atom. The van der Waals surface area contributed by atoms with Gasteiger partial charge >= 0.3 is 5.97 Å². The van der Waals surface area contributed by atoms with E-state index in [4.69, 9.17) is 13.9 Å². The van der Waals surface area contributed by atoms with Gasteiger partial charge in [0.25, 0.3) is 0 Å². The summed E-state index contributed by atoms with van der Waals surface area (Å²) in [5, 5.41) is 0.969. The summed E-state index contributed by atoms with van der Waals surface area (Å²) in [6.07, 6.45) is 2.74. The third-order valence-corrected chi connectivity index (χ3v) is 3.75. The van der Waals surface area contributed by atoms with Gasteiger partial charge in [0.15, 0.2) is 0 Å². The van der Waals surface area contributed by atoms with Gasteiger partial charge in [-0.3, -0.25) is 4.79 Å². The summed E-state index contributed by atoms with van der Waals surface area (Å²) in [7, 11) is 1.59. The minimum absolute atomic E-state index is 0.173. The first kappa shape index (κ1) is 15.2. The fourth-order valence-corrected chi connectivity index (χ4v) is 2.45. The van der Waals surface area contributed by atoms with Crippen molar-refractivity contribution < 1.29 is 18.7 Å². The predicted molar refractivity (Wildman–Crippen MR) is 87.9 cm³/mol. The fraction of sp³-hybridized carbons (Fsp3) is 0.211. The highest BCUT2D eigenvalue weighted by molar-refractivity contribution is 5.86. The number of carbonyl (C=O) groups is 1. The van der Waals surface area contributed by atoms with Crippen molar-refractivity contribution in [2.24, 2.45) is 0 Å². The maximum Gasteiger partial charge on any atom is 0.315 e. The number of esters is 1. The van der Waals surface area contributed by atoms with Gasteiger partial charge < -0.3 is 13.9 Å². The second-order valence-corrected chi connectivity index (χ2v) is 5.27. The third kappa shape index (κ3) is 3.37. The molecule has 3 rings (SSSR count). The van der Waals surface area contributed by atoms with Crippen molar-refractivity contribution in [3.8, 4) is 11.5 Å². The Bertz CT molecular complexity index is 815. The number of hydrogen-bond donors (Lipinski definition) is 0. The van der Waals surface area contributed by atoms with E-state index in [0.717, 1.165) is 28.7 Å². The first-order chi connectivity index (χ1) is 11.2. The van der Waals surface area contributed by atoms with Crippen molar-refractivity contribution in [2.45, 2.75) is 19.8 Å². The van der Waals surface area contributed by atoms with E-state index >= 15 is 0 Å². The monoisotopic (exact) mass is 310 g/mol. The molecule has 0 aliphatic carbocycles. The Morgan fingerprint density at radius 3 is 2.52 bits per heavy atom. The summed E-state index contributed by atoms with van der Waals surface area (Å²) < 4.78 is 15.9. The molecular formula is C19H18O4. The zero-order chi connectivity index (χ0) is 16.2. The number of rotatable bonds is 5. The average Bonchev–Trinajstić information content (AvgIpc) is 2.97. The molecule has 0 atom stereocenters. The molecule has 0 saturated heterocycles. The molecular weight excluding hydrogens is 292 g/mol. The number of benzene rings is 2. The highest BCUT2D eigenvalue weighted by Crippen LogP contribution is 2.24. The standard InChI is InChI=1S/C19H18O4/c1-3-13-4-9-18-17(10-13)14(12-22-18)11-19(20)23-16-7-5-15(21-2)6-8-16/h4-10,12H,3,11H2,1-2H3. The first-order valence-corrected chi connectivity index (χ1v) is 7.53. The van der Waals surface area contributed by atoms with Gasteiger partial charge in [0, 0.05) is 10.9 Å². The maximum atomic E-state index is 12.1. The van der Waals surface area contributed by atoms with Gasteiger partial charge in [0.05, 0.1) is 19.8 Å². The van der Waals surface area contributed by atoms with Gasteiger partial charge in [0.2, 0.25) is 0 Å². The third-order valence-electron chi connectivity index (χ3n) is 3.75. The molecule has 2 aromatic carbocycles. The number of ether oxygens (including phenoxy) is 2. The zero-order valence-corrected chi connectivity index (χ0v) is 13.2. The normalized spacial score (nSPS) is 10.7. The van der Waals surface area contributed by atoms with Crippen LogP contribution in [0.4, 0.5) is 0 Å². The molecule has 23 heavy (non-hydrogen) atoms. The van der Waals surface area contributed by atoms with Crippen molar-refractivity contribution >= 4 is 16.9 Å². The van der Waals surface area contributed by atoms with Gasteiger partial charge in [-0.05, 0) is 48.4 Å². The minimum Gasteiger partial charge on any atom is -0.497 e. The smallest absolute Gasteiger partial charge is 0.315 e. The molecule has 1 heterocycles. The lowest BCUT2D eigenvalue weighted by Gasteiger charge is -2.05. The Kier molecular flexibility index (Phi) is 4.33. The number of aryl methyl sites for hydroxylation is 1. The van der Waals surface area contributed by atoms with Crippen LogP contribution in [0.1, 0.15) is 18.1 Å². The second-order valence-electron chi connectivity index (χ2n) is 5.27. The van der Waals surface area contributed by atoms with E-state index in [1.807, 2.05) is 12.1 Å². The molecule has 0 aliphatic heterocycles. The predicted octanol–water partition coefficient (Wildman–Crippen LogP) is 4.15. The summed E-state index contributed by atoms with van der Waals surface area (Å²) >= 11 is 0. The highest BCUT2D eigenvalue weighted by Gasteiger charge is 2.12. The average molecular weight is 310 g/mol. The van der Waals surface area contributed by atoms with Gasteiger partial charge in [0.1, 0.15) is 17.1 Å². The minimum atomic E-state index is -0.320. The van der Waals surface area contributed by atoms with Crippen LogP contribution in [0.15, 0.2) is 53.1 Å². The maximum absolute atomic E-state index is 12.1. The van der Waals surface area contributed by atoms with Gasteiger partial charge in [-0.1, -0.05) is 13.0 Å². The zero-order valence-electron chi connectivity index (χ0n) is 13.2. The van der Waals surface area contributed by atoms with Crippen LogP contribution in [0.3, 0.4) is 0 Å². The largest absolute Gasteiger partial charge is 0.497 e. The first-order valence-electron chi connectivity index (χ1n) is 7.53. The van der Waals surface area contributed by atoms with E-state index < -0.39 is 0 Å². The lowest BCUT2D eigenvalue weighted by Crippen LogP contribution is -2.10. The molecule has 0 unspecified atom stereocenters. The second kappa shape index (κ2) is 6.57. The van der Waals surface area contributed by atoms with Crippen molar-refractivity contribution in [3.05, 3.63) is 59.9 Å². The molecule has 0 aliphatic rings. The molecule has 1 aromatic heterocycles. The Morgan fingerprint density at radius 1 is 1.09 bits per heavy atom. The lowest BCUT2D eigenvalue weighted by molar-refractivity contribution is -0.133. The van der Waals surface area contributed by atoms with Gasteiger partial charge in [-0.2, -0.15) is 0 Å². The summed E-state index contributed by atoms with van der Waals surface area (Å²) in [4.78, 5) is 12.1. The van der Waals surface area contributed by atoms with Crippen LogP contribution in [-0.4, -0.2) is 13.1 Å². The van der Waals surface area contributed by atoms with Crippen LogP contribution in [0.25, 0.3) is 11.0 Å². The molecule has 0 amide bonds. The molecule has 0 bridgehead atoms. The number of carbonyl (C=O) groups excluding carboxylic acids is 1. The van der Waals surface area contributed by atoms with Gasteiger partial charge in [-0.15, -0.1) is 0 Å². The highest BCUT2D eigenvalue weighted by atomic mass is 16.5. The number of hydrogen-bond acceptors (Lipinski definition) is 4. The van der Waals surface area contributed by atoms with Crippen molar-refractivity contribution in [1.82, 2.24) is 0 Å². The van der Waals surface area contributed by atoms with E-state index in [0.29, 0.717) is 5.75 Å². The molecule has 4 nitrogen and oxygen atoms in total. The van der Waals surface area contributed by atoms with E-state index in [9.17, 15) is 4.79 Å². The van der Waals surface area contributed by atoms with Crippen LogP contribution in [0, 0.1) is 0 Å². The van der Waals surface area contributed by atoms with E-state index in [2.05, 4.69) is 13.0 Å². The molecule has 0 N–H and O–H groups in total. The SMILES string of the molecule is CCc1ccc2occ(CC(=O)Oc3ccc(OC)cc3)c2c1. The van der Waals surface area contributed by atoms with E-state index in [-0.39, 0.29) is 12.4 Å². The summed E-state index contributed by atoms with van der Waals surface area (Å²) in [6, 6.07) is 13.0. The number of fused-ring (bicyclic) bond motifs is 1. The molecule has 0 saturated carbocycles. The Balaban J connectivity index is 1.74. The number of furan rings is 1. The van der Waals surface area contributed by atoms with Crippen LogP contribution in [0.5, 0.6) is 11.5 Å². The fourth-order valence-electron chi connectivity index (χ4n) is 2.45. The van der Waals surface area contributed by atoms with Crippen molar-refractivity contribution in [2.75, 3.05) is 7.11 Å². The molecule has 0 fully saturated rings. The lowest BCUT2D eigenvalue weighted by atomic mass is 10.1. The van der Waals surface area contributed by atoms with E-state index in [1.165, 1.54) is 5.56 Å². The van der Waals surface area contributed by atoms with Crippen molar-refractivity contribution in [3.63, 3.8) is 0 Å². The van der Waals surface area contributed by atoms with Crippen LogP contribution >= 0.6 is 0 Å². The van der Waals surface area contributed by atoms with E-state index in [1.54, 1.807) is 37.6 Å². The number of methoxy groups -OCH3 is 1. The van der Waals surface area contributed by atoms with Crippen molar-refractivity contribution in [1.29, 1.82) is 0 Å². The van der Waals surface area contributed by atoms with Crippen LogP contribution in [-0.2, 0) is 17.6 Å². The summed E-state index contributed by atoms with van der Waals surface area (Å²) in [5.41, 5.74) is 2.84. The summed E-state index contributed by atoms with van der Waals surface area (Å²) in [6.45, 7) is 2.10. The molecule has 0 spiro atoms. The molecule has 118 valence electrons. The van der Waals surface area contributed by atoms with Gasteiger partial charge in [-0.25, -0.2) is 0 Å². The Hall–Kier alpha value is -2.75. The molecule has 3 aromatic rings.